The molecule has 76 valence electrons. The first-order valence-corrected chi connectivity index (χ1v) is 4.31. The minimum atomic E-state index is -1.52. The fourth-order valence-electron chi connectivity index (χ4n) is 1.06. The van der Waals surface area contributed by atoms with Crippen LogP contribution < -0.4 is 11.5 Å². The zero-order valence-corrected chi connectivity index (χ0v) is 8.38. The third-order valence-corrected chi connectivity index (χ3v) is 2.32. The summed E-state index contributed by atoms with van der Waals surface area (Å²) in [5, 5.41) is 9.18. The summed E-state index contributed by atoms with van der Waals surface area (Å²) in [4.78, 5) is 10.9. The van der Waals surface area contributed by atoms with E-state index < -0.39 is 11.5 Å². The zero-order valence-electron chi connectivity index (χ0n) is 7.62. The average molecular weight is 215 g/mol. The van der Waals surface area contributed by atoms with Crippen molar-refractivity contribution in [2.45, 2.75) is 12.5 Å². The van der Waals surface area contributed by atoms with Crippen LogP contribution in [0.5, 0.6) is 0 Å². The molecule has 0 fully saturated rings. The summed E-state index contributed by atoms with van der Waals surface area (Å²) in [6, 6.07) is 4.58. The Labute approximate surface area is 86.5 Å². The molecule has 0 amide bonds. The summed E-state index contributed by atoms with van der Waals surface area (Å²) >= 11 is 5.83. The predicted octanol–water partition coefficient (Wildman–Crippen LogP) is 1.18. The lowest BCUT2D eigenvalue weighted by Gasteiger charge is -2.21. The summed E-state index contributed by atoms with van der Waals surface area (Å²) in [5.74, 6) is -1.15. The highest BCUT2D eigenvalue weighted by molar-refractivity contribution is 6.31. The number of carbonyl (C=O) groups is 1. The van der Waals surface area contributed by atoms with E-state index in [-0.39, 0.29) is 0 Å². The standard InChI is InChI=1S/C9H11ClN2O2/c1-9(12,8(13)14)6-4-5(11)2-3-7(6)10/h2-4H,11-12H2,1H3,(H,13,14)/t9-/m1/s1. The normalized spacial score (nSPS) is 14.8. The molecule has 5 N–H and O–H groups in total. The molecule has 0 aliphatic rings. The van der Waals surface area contributed by atoms with Crippen LogP contribution in [0.25, 0.3) is 0 Å². The molecule has 0 unspecified atom stereocenters. The summed E-state index contributed by atoms with van der Waals surface area (Å²) in [6.07, 6.45) is 0. The number of carboxylic acid groups (broad SMARTS) is 1. The van der Waals surface area contributed by atoms with Gasteiger partial charge in [0, 0.05) is 16.3 Å². The number of halogens is 1. The lowest BCUT2D eigenvalue weighted by molar-refractivity contribution is -0.143. The van der Waals surface area contributed by atoms with E-state index in [9.17, 15) is 4.79 Å². The fourth-order valence-corrected chi connectivity index (χ4v) is 1.37. The van der Waals surface area contributed by atoms with Crippen molar-refractivity contribution >= 4 is 23.3 Å². The van der Waals surface area contributed by atoms with Crippen LogP contribution in [0, 0.1) is 0 Å². The van der Waals surface area contributed by atoms with Crippen molar-refractivity contribution in [2.75, 3.05) is 5.73 Å². The van der Waals surface area contributed by atoms with E-state index >= 15 is 0 Å². The van der Waals surface area contributed by atoms with Gasteiger partial charge in [0.05, 0.1) is 0 Å². The first kappa shape index (κ1) is 10.8. The molecule has 1 aromatic carbocycles. The van der Waals surface area contributed by atoms with Crippen LogP contribution in [0.4, 0.5) is 5.69 Å². The van der Waals surface area contributed by atoms with E-state index in [1.54, 1.807) is 6.07 Å². The molecule has 0 bridgehead atoms. The third kappa shape index (κ3) is 1.81. The van der Waals surface area contributed by atoms with Gasteiger partial charge in [0.25, 0.3) is 0 Å². The van der Waals surface area contributed by atoms with Crippen LogP contribution in [0.3, 0.4) is 0 Å². The van der Waals surface area contributed by atoms with Gasteiger partial charge in [-0.05, 0) is 25.1 Å². The first-order valence-electron chi connectivity index (χ1n) is 3.93. The second-order valence-electron chi connectivity index (χ2n) is 3.25. The number of aliphatic carboxylic acids is 1. The summed E-state index contributed by atoms with van der Waals surface area (Å²) < 4.78 is 0. The molecule has 0 saturated carbocycles. The summed E-state index contributed by atoms with van der Waals surface area (Å²) in [7, 11) is 0. The lowest BCUT2D eigenvalue weighted by Crippen LogP contribution is -2.42. The minimum Gasteiger partial charge on any atom is -0.480 e. The van der Waals surface area contributed by atoms with E-state index in [2.05, 4.69) is 0 Å². The SMILES string of the molecule is C[C@](N)(C(=O)O)c1cc(N)ccc1Cl. The van der Waals surface area contributed by atoms with E-state index in [1.165, 1.54) is 19.1 Å². The topological polar surface area (TPSA) is 89.3 Å². The molecule has 0 aliphatic carbocycles. The highest BCUT2D eigenvalue weighted by Crippen LogP contribution is 2.28. The molecular weight excluding hydrogens is 204 g/mol. The molecule has 14 heavy (non-hydrogen) atoms. The maximum atomic E-state index is 10.9. The number of carboxylic acids is 1. The molecular formula is C9H11ClN2O2. The largest absolute Gasteiger partial charge is 0.480 e. The monoisotopic (exact) mass is 214 g/mol. The second kappa shape index (κ2) is 3.48. The molecule has 0 radical (unpaired) electrons. The van der Waals surface area contributed by atoms with Crippen LogP contribution in [-0.2, 0) is 10.3 Å². The van der Waals surface area contributed by atoms with Crippen molar-refractivity contribution in [1.29, 1.82) is 0 Å². The van der Waals surface area contributed by atoms with Gasteiger partial charge < -0.3 is 16.6 Å². The second-order valence-corrected chi connectivity index (χ2v) is 3.65. The molecule has 1 rings (SSSR count). The van der Waals surface area contributed by atoms with E-state index in [4.69, 9.17) is 28.2 Å². The molecule has 0 aromatic heterocycles. The maximum absolute atomic E-state index is 10.9. The van der Waals surface area contributed by atoms with Gasteiger partial charge in [-0.2, -0.15) is 0 Å². The Bertz CT molecular complexity index is 377. The van der Waals surface area contributed by atoms with Gasteiger partial charge in [-0.3, -0.25) is 0 Å². The van der Waals surface area contributed by atoms with Gasteiger partial charge in [0.2, 0.25) is 0 Å². The molecule has 0 heterocycles. The van der Waals surface area contributed by atoms with E-state index in [0.717, 1.165) is 0 Å². The zero-order chi connectivity index (χ0) is 10.9. The Hall–Kier alpha value is -1.26. The van der Waals surface area contributed by atoms with Gasteiger partial charge in [-0.15, -0.1) is 0 Å². The Morgan fingerprint density at radius 3 is 2.64 bits per heavy atom. The minimum absolute atomic E-state index is 0.298. The number of nitrogens with two attached hydrogens (primary N) is 2. The van der Waals surface area contributed by atoms with Crippen LogP contribution >= 0.6 is 11.6 Å². The van der Waals surface area contributed by atoms with E-state index in [1.807, 2.05) is 0 Å². The Kier molecular flexibility index (Phi) is 2.69. The van der Waals surface area contributed by atoms with Gasteiger partial charge in [-0.25, -0.2) is 4.79 Å². The molecule has 1 aromatic rings. The number of hydrogen-bond acceptors (Lipinski definition) is 3. The predicted molar refractivity (Wildman–Crippen MR) is 55.0 cm³/mol. The summed E-state index contributed by atoms with van der Waals surface area (Å²) in [6.45, 7) is 1.37. The number of anilines is 1. The van der Waals surface area contributed by atoms with Crippen molar-refractivity contribution in [2.24, 2.45) is 5.73 Å². The Morgan fingerprint density at radius 2 is 2.14 bits per heavy atom. The van der Waals surface area contributed by atoms with Gasteiger partial charge in [0.15, 0.2) is 0 Å². The maximum Gasteiger partial charge on any atom is 0.328 e. The highest BCUT2D eigenvalue weighted by atomic mass is 35.5. The fraction of sp³-hybridized carbons (Fsp3) is 0.222. The third-order valence-electron chi connectivity index (χ3n) is 1.99. The number of nitrogen functional groups attached to an aromatic ring is 1. The molecule has 4 nitrogen and oxygen atoms in total. The van der Waals surface area contributed by atoms with Crippen LogP contribution in [0.15, 0.2) is 18.2 Å². The first-order chi connectivity index (χ1) is 6.35. The van der Waals surface area contributed by atoms with Crippen molar-refractivity contribution in [3.05, 3.63) is 28.8 Å². The van der Waals surface area contributed by atoms with Crippen LogP contribution in [0.2, 0.25) is 5.02 Å². The van der Waals surface area contributed by atoms with Gasteiger partial charge in [0.1, 0.15) is 5.54 Å². The van der Waals surface area contributed by atoms with Crippen molar-refractivity contribution in [3.8, 4) is 0 Å². The lowest BCUT2D eigenvalue weighted by atomic mass is 9.93. The van der Waals surface area contributed by atoms with Crippen molar-refractivity contribution in [3.63, 3.8) is 0 Å². The molecule has 1 atom stereocenters. The number of rotatable bonds is 2. The van der Waals surface area contributed by atoms with Crippen LogP contribution in [-0.4, -0.2) is 11.1 Å². The average Bonchev–Trinajstić information content (AvgIpc) is 2.08. The van der Waals surface area contributed by atoms with E-state index in [0.29, 0.717) is 16.3 Å². The van der Waals surface area contributed by atoms with Gasteiger partial charge >= 0.3 is 5.97 Å². The van der Waals surface area contributed by atoms with Crippen molar-refractivity contribution in [1.82, 2.24) is 0 Å². The Balaban J connectivity index is 3.31. The number of hydrogen-bond donors (Lipinski definition) is 3. The molecule has 0 saturated heterocycles. The van der Waals surface area contributed by atoms with Crippen LogP contribution in [0.1, 0.15) is 12.5 Å². The molecule has 0 spiro atoms. The summed E-state index contributed by atoms with van der Waals surface area (Å²) in [5.41, 5.74) is 10.4. The highest BCUT2D eigenvalue weighted by Gasteiger charge is 2.32. The molecule has 0 aliphatic heterocycles. The quantitative estimate of drug-likeness (QED) is 0.645. The molecule has 5 heteroatoms. The number of benzene rings is 1. The Morgan fingerprint density at radius 1 is 1.57 bits per heavy atom. The smallest absolute Gasteiger partial charge is 0.328 e. The van der Waals surface area contributed by atoms with Crippen molar-refractivity contribution < 1.29 is 9.90 Å². The van der Waals surface area contributed by atoms with Gasteiger partial charge in [-0.1, -0.05) is 11.6 Å².